The molecular weight excluding hydrogens is 234 g/mol. The van der Waals surface area contributed by atoms with E-state index in [2.05, 4.69) is 23.4 Å². The van der Waals surface area contributed by atoms with E-state index < -0.39 is 0 Å². The van der Waals surface area contributed by atoms with Gasteiger partial charge in [0.2, 0.25) is 0 Å². The fourth-order valence-corrected chi connectivity index (χ4v) is 3.31. The summed E-state index contributed by atoms with van der Waals surface area (Å²) in [7, 11) is 3.60. The van der Waals surface area contributed by atoms with Crippen LogP contribution in [0.3, 0.4) is 0 Å². The second-order valence-corrected chi connectivity index (χ2v) is 5.86. The van der Waals surface area contributed by atoms with Gasteiger partial charge in [0.05, 0.1) is 12.5 Å². The van der Waals surface area contributed by atoms with Crippen LogP contribution in [0.5, 0.6) is 0 Å². The highest BCUT2D eigenvalue weighted by Gasteiger charge is 2.42. The molecule has 1 saturated heterocycles. The number of thiophene rings is 1. The molecule has 1 aromatic heterocycles. The molecule has 2 heterocycles. The lowest BCUT2D eigenvalue weighted by atomic mass is 9.75. The first-order chi connectivity index (χ1) is 8.16. The minimum absolute atomic E-state index is 0.0426. The molecule has 0 atom stereocenters. The zero-order valence-corrected chi connectivity index (χ0v) is 11.3. The number of hydrogen-bond donors (Lipinski definition) is 0. The molecule has 1 aliphatic rings. The largest absolute Gasteiger partial charge is 0.469 e. The summed E-state index contributed by atoms with van der Waals surface area (Å²) in [4.78, 5) is 15.6. The third-order valence-corrected chi connectivity index (χ3v) is 4.53. The van der Waals surface area contributed by atoms with E-state index in [1.165, 1.54) is 12.0 Å². The number of esters is 1. The summed E-state index contributed by atoms with van der Waals surface area (Å²) < 4.78 is 5.02. The van der Waals surface area contributed by atoms with Crippen molar-refractivity contribution in [2.75, 3.05) is 27.2 Å². The van der Waals surface area contributed by atoms with Crippen molar-refractivity contribution in [3.8, 4) is 0 Å². The second-order valence-electron chi connectivity index (χ2n) is 4.83. The van der Waals surface area contributed by atoms with Crippen molar-refractivity contribution in [3.05, 3.63) is 22.4 Å². The Morgan fingerprint density at radius 3 is 2.76 bits per heavy atom. The summed E-state index contributed by atoms with van der Waals surface area (Å²) in [6.07, 6.45) is 2.62. The quantitative estimate of drug-likeness (QED) is 0.773. The number of carbonyl (C=O) groups is 1. The summed E-state index contributed by atoms with van der Waals surface area (Å²) >= 11 is 1.72. The highest BCUT2D eigenvalue weighted by atomic mass is 32.1. The molecule has 4 heteroatoms. The topological polar surface area (TPSA) is 29.5 Å². The first kappa shape index (κ1) is 12.6. The van der Waals surface area contributed by atoms with Crippen molar-refractivity contribution in [2.45, 2.75) is 19.3 Å². The minimum Gasteiger partial charge on any atom is -0.469 e. The minimum atomic E-state index is -0.299. The van der Waals surface area contributed by atoms with Crippen LogP contribution in [0.4, 0.5) is 0 Å². The van der Waals surface area contributed by atoms with Crippen LogP contribution < -0.4 is 0 Å². The average molecular weight is 253 g/mol. The van der Waals surface area contributed by atoms with Crippen LogP contribution in [0.2, 0.25) is 0 Å². The highest BCUT2D eigenvalue weighted by Crippen LogP contribution is 2.37. The number of piperidine rings is 1. The number of likely N-dealkylation sites (tertiary alicyclic amines) is 1. The Kier molecular flexibility index (Phi) is 3.84. The van der Waals surface area contributed by atoms with E-state index >= 15 is 0 Å². The van der Waals surface area contributed by atoms with Crippen LogP contribution in [0.15, 0.2) is 17.5 Å². The van der Waals surface area contributed by atoms with Gasteiger partial charge in [-0.05, 0) is 50.8 Å². The lowest BCUT2D eigenvalue weighted by Gasteiger charge is -2.38. The van der Waals surface area contributed by atoms with Gasteiger partial charge in [-0.3, -0.25) is 4.79 Å². The molecule has 0 bridgehead atoms. The molecule has 1 aliphatic heterocycles. The fourth-order valence-electron chi connectivity index (χ4n) is 2.46. The van der Waals surface area contributed by atoms with E-state index in [1.54, 1.807) is 11.3 Å². The number of hydrogen-bond acceptors (Lipinski definition) is 4. The number of carbonyl (C=O) groups excluding carboxylic acids is 1. The van der Waals surface area contributed by atoms with Crippen LogP contribution in [-0.2, 0) is 16.0 Å². The zero-order valence-electron chi connectivity index (χ0n) is 10.4. The van der Waals surface area contributed by atoms with E-state index in [4.69, 9.17) is 4.74 Å². The van der Waals surface area contributed by atoms with Crippen molar-refractivity contribution >= 4 is 17.3 Å². The SMILES string of the molecule is COC(=O)C1(Cc2cccs2)CCN(C)CC1. The summed E-state index contributed by atoms with van der Waals surface area (Å²) in [5.74, 6) is -0.0426. The van der Waals surface area contributed by atoms with Crippen LogP contribution in [-0.4, -0.2) is 38.1 Å². The predicted octanol–water partition coefficient (Wildman–Crippen LogP) is 2.18. The Labute approximate surface area is 106 Å². The Morgan fingerprint density at radius 2 is 2.24 bits per heavy atom. The number of methoxy groups -OCH3 is 1. The van der Waals surface area contributed by atoms with E-state index in [0.29, 0.717) is 0 Å². The summed E-state index contributed by atoms with van der Waals surface area (Å²) in [6, 6.07) is 4.15. The lowest BCUT2D eigenvalue weighted by Crippen LogP contribution is -2.44. The number of rotatable bonds is 3. The molecular formula is C13H19NO2S. The average Bonchev–Trinajstić information content (AvgIpc) is 2.84. The molecule has 3 nitrogen and oxygen atoms in total. The molecule has 0 aliphatic carbocycles. The first-order valence-electron chi connectivity index (χ1n) is 5.96. The van der Waals surface area contributed by atoms with Gasteiger partial charge < -0.3 is 9.64 Å². The smallest absolute Gasteiger partial charge is 0.312 e. The number of ether oxygens (including phenoxy) is 1. The maximum atomic E-state index is 12.1. The Hall–Kier alpha value is -0.870. The maximum Gasteiger partial charge on any atom is 0.312 e. The van der Waals surface area contributed by atoms with Gasteiger partial charge in [0.1, 0.15) is 0 Å². The predicted molar refractivity (Wildman–Crippen MR) is 69.2 cm³/mol. The van der Waals surface area contributed by atoms with E-state index in [1.807, 2.05) is 6.07 Å². The molecule has 1 fully saturated rings. The van der Waals surface area contributed by atoms with Gasteiger partial charge in [0.25, 0.3) is 0 Å². The van der Waals surface area contributed by atoms with Crippen LogP contribution >= 0.6 is 11.3 Å². The standard InChI is InChI=1S/C13H19NO2S/c1-14-7-5-13(6-8-14,12(15)16-2)10-11-4-3-9-17-11/h3-4,9H,5-8,10H2,1-2H3. The van der Waals surface area contributed by atoms with Crippen LogP contribution in [0, 0.1) is 5.41 Å². The zero-order chi connectivity index (χ0) is 12.3. The molecule has 0 radical (unpaired) electrons. The normalized spacial score (nSPS) is 20.1. The van der Waals surface area contributed by atoms with Crippen molar-refractivity contribution in [1.29, 1.82) is 0 Å². The van der Waals surface area contributed by atoms with Gasteiger partial charge in [0, 0.05) is 4.88 Å². The van der Waals surface area contributed by atoms with Crippen LogP contribution in [0.1, 0.15) is 17.7 Å². The van der Waals surface area contributed by atoms with Gasteiger partial charge in [0.15, 0.2) is 0 Å². The van der Waals surface area contributed by atoms with Crippen molar-refractivity contribution < 1.29 is 9.53 Å². The van der Waals surface area contributed by atoms with Gasteiger partial charge in [-0.1, -0.05) is 6.07 Å². The van der Waals surface area contributed by atoms with Gasteiger partial charge >= 0.3 is 5.97 Å². The third-order valence-electron chi connectivity index (χ3n) is 3.66. The molecule has 0 aromatic carbocycles. The number of nitrogens with zero attached hydrogens (tertiary/aromatic N) is 1. The summed E-state index contributed by atoms with van der Waals surface area (Å²) in [6.45, 7) is 1.95. The van der Waals surface area contributed by atoms with E-state index in [9.17, 15) is 4.79 Å². The van der Waals surface area contributed by atoms with Gasteiger partial charge in [-0.15, -0.1) is 11.3 Å². The lowest BCUT2D eigenvalue weighted by molar-refractivity contribution is -0.155. The van der Waals surface area contributed by atoms with E-state index in [-0.39, 0.29) is 11.4 Å². The molecule has 94 valence electrons. The van der Waals surface area contributed by atoms with Crippen LogP contribution in [0.25, 0.3) is 0 Å². The maximum absolute atomic E-state index is 12.1. The second kappa shape index (κ2) is 5.19. The van der Waals surface area contributed by atoms with Crippen molar-refractivity contribution in [2.24, 2.45) is 5.41 Å². The van der Waals surface area contributed by atoms with Crippen molar-refractivity contribution in [3.63, 3.8) is 0 Å². The molecule has 0 unspecified atom stereocenters. The molecule has 0 spiro atoms. The summed E-state index contributed by atoms with van der Waals surface area (Å²) in [5, 5.41) is 2.06. The van der Waals surface area contributed by atoms with Gasteiger partial charge in [-0.25, -0.2) is 0 Å². The molecule has 2 rings (SSSR count). The Bertz CT molecular complexity index is 367. The van der Waals surface area contributed by atoms with E-state index in [0.717, 1.165) is 32.4 Å². The molecule has 1 aromatic rings. The van der Waals surface area contributed by atoms with Gasteiger partial charge in [-0.2, -0.15) is 0 Å². The molecule has 0 saturated carbocycles. The molecule has 0 N–H and O–H groups in total. The fraction of sp³-hybridized carbons (Fsp3) is 0.615. The Balaban J connectivity index is 2.15. The highest BCUT2D eigenvalue weighted by molar-refractivity contribution is 7.09. The summed E-state index contributed by atoms with van der Waals surface area (Å²) in [5.41, 5.74) is -0.299. The third kappa shape index (κ3) is 2.69. The monoisotopic (exact) mass is 253 g/mol. The first-order valence-corrected chi connectivity index (χ1v) is 6.84. The van der Waals surface area contributed by atoms with Crippen molar-refractivity contribution in [1.82, 2.24) is 4.90 Å². The molecule has 17 heavy (non-hydrogen) atoms. The molecule has 0 amide bonds. The Morgan fingerprint density at radius 1 is 1.53 bits per heavy atom.